The molecule has 0 fully saturated rings. The molecule has 0 aromatic carbocycles. The van der Waals surface area contributed by atoms with E-state index in [1.54, 1.807) is 0 Å². The Hall–Kier alpha value is -0.880. The van der Waals surface area contributed by atoms with E-state index in [4.69, 9.17) is 16.7 Å². The highest BCUT2D eigenvalue weighted by Crippen LogP contribution is 1.62. The Bertz CT molecular complexity index is 135. The Labute approximate surface area is 51.6 Å². The Morgan fingerprint density at radius 1 is 1.88 bits per heavy atom. The van der Waals surface area contributed by atoms with Gasteiger partial charge in [0.15, 0.2) is 0 Å². The van der Waals surface area contributed by atoms with Gasteiger partial charge in [0, 0.05) is 5.38 Å². The molecule has 0 aromatic heterocycles. The number of hydrogen-bond donors (Lipinski definition) is 2. The smallest absolute Gasteiger partial charge is 0.405 e. The molecule has 0 aliphatic rings. The quantitative estimate of drug-likeness (QED) is 0.511. The van der Waals surface area contributed by atoms with Crippen LogP contribution in [0.15, 0.2) is 0 Å². The van der Waals surface area contributed by atoms with Crippen molar-refractivity contribution < 1.29 is 9.90 Å². The average molecular weight is 134 g/mol. The summed E-state index contributed by atoms with van der Waals surface area (Å²) in [5, 5.41) is 11.9. The molecule has 0 aliphatic carbocycles. The third kappa shape index (κ3) is 5.12. The van der Waals surface area contributed by atoms with Crippen LogP contribution in [0, 0.1) is 11.3 Å². The van der Waals surface area contributed by atoms with Crippen molar-refractivity contribution >= 4 is 17.7 Å². The summed E-state index contributed by atoms with van der Waals surface area (Å²) in [5.41, 5.74) is 0. The summed E-state index contributed by atoms with van der Waals surface area (Å²) in [7, 11) is 0. The van der Waals surface area contributed by atoms with E-state index in [0.29, 0.717) is 0 Å². The van der Waals surface area contributed by atoms with Crippen LogP contribution in [0.25, 0.3) is 0 Å². The molecule has 0 bridgehead atoms. The summed E-state index contributed by atoms with van der Waals surface area (Å²) in [4.78, 5) is 9.65. The molecule has 0 atom stereocenters. The second-order valence-electron chi connectivity index (χ2n) is 0.930. The van der Waals surface area contributed by atoms with E-state index in [-0.39, 0.29) is 6.54 Å². The van der Waals surface area contributed by atoms with Gasteiger partial charge in [-0.1, -0.05) is 5.92 Å². The van der Waals surface area contributed by atoms with Gasteiger partial charge >= 0.3 is 6.09 Å². The van der Waals surface area contributed by atoms with E-state index in [2.05, 4.69) is 5.92 Å². The summed E-state index contributed by atoms with van der Waals surface area (Å²) >= 11 is 4.89. The van der Waals surface area contributed by atoms with Gasteiger partial charge in [-0.05, 0) is 11.6 Å². The maximum Gasteiger partial charge on any atom is 0.405 e. The van der Waals surface area contributed by atoms with Crippen molar-refractivity contribution in [1.29, 1.82) is 0 Å². The minimum absolute atomic E-state index is 0.0822. The van der Waals surface area contributed by atoms with Crippen LogP contribution in [0.2, 0.25) is 0 Å². The van der Waals surface area contributed by atoms with Crippen LogP contribution in [0.5, 0.6) is 0 Å². The second kappa shape index (κ2) is 4.28. The maximum atomic E-state index is 9.65. The SMILES string of the molecule is O=C(O)NCC#CCl. The monoisotopic (exact) mass is 133 g/mol. The van der Waals surface area contributed by atoms with Crippen LogP contribution in [0.1, 0.15) is 0 Å². The van der Waals surface area contributed by atoms with E-state index in [1.807, 2.05) is 10.7 Å². The molecule has 0 saturated carbocycles. The molecule has 0 spiro atoms. The molecule has 0 rings (SSSR count). The molecule has 0 radical (unpaired) electrons. The van der Waals surface area contributed by atoms with Gasteiger partial charge in [0.05, 0.1) is 6.54 Å². The van der Waals surface area contributed by atoms with E-state index in [1.165, 1.54) is 0 Å². The molecule has 8 heavy (non-hydrogen) atoms. The van der Waals surface area contributed by atoms with Crippen molar-refractivity contribution in [2.75, 3.05) is 6.54 Å². The molecule has 1 amide bonds. The predicted octanol–water partition coefficient (Wildman–Crippen LogP) is 0.454. The van der Waals surface area contributed by atoms with Gasteiger partial charge in [-0.15, -0.1) is 0 Å². The normalized spacial score (nSPS) is 6.62. The summed E-state index contributed by atoms with van der Waals surface area (Å²) in [6.07, 6.45) is -1.09. The first kappa shape index (κ1) is 7.12. The van der Waals surface area contributed by atoms with E-state index in [0.717, 1.165) is 0 Å². The third-order valence-corrected chi connectivity index (χ3v) is 0.528. The minimum Gasteiger partial charge on any atom is -0.465 e. The standard InChI is InChI=1S/C4H4ClNO2/c5-2-1-3-6-4(7)8/h6H,3H2,(H,7,8). The molecule has 44 valence electrons. The van der Waals surface area contributed by atoms with Gasteiger partial charge in [-0.2, -0.15) is 0 Å². The van der Waals surface area contributed by atoms with Crippen LogP contribution >= 0.6 is 11.6 Å². The Balaban J connectivity index is 3.14. The van der Waals surface area contributed by atoms with Gasteiger partial charge in [0.25, 0.3) is 0 Å². The average Bonchev–Trinajstić information content (AvgIpc) is 1.66. The lowest BCUT2D eigenvalue weighted by Crippen LogP contribution is -2.20. The summed E-state index contributed by atoms with van der Waals surface area (Å²) in [6.45, 7) is 0.0822. The van der Waals surface area contributed by atoms with E-state index in [9.17, 15) is 4.79 Å². The first-order valence-electron chi connectivity index (χ1n) is 1.82. The number of amides is 1. The summed E-state index contributed by atoms with van der Waals surface area (Å²) in [6, 6.07) is 0. The van der Waals surface area contributed by atoms with Crippen molar-refractivity contribution in [3.63, 3.8) is 0 Å². The third-order valence-electron chi connectivity index (χ3n) is 0.395. The zero-order valence-electron chi connectivity index (χ0n) is 3.94. The molecule has 0 aliphatic heterocycles. The molecular formula is C4H4ClNO2. The number of nitrogens with one attached hydrogen (secondary N) is 1. The topological polar surface area (TPSA) is 49.3 Å². The van der Waals surface area contributed by atoms with E-state index >= 15 is 0 Å². The van der Waals surface area contributed by atoms with Crippen LogP contribution in [-0.2, 0) is 0 Å². The predicted molar refractivity (Wildman–Crippen MR) is 29.7 cm³/mol. The molecule has 0 aromatic rings. The molecule has 0 heterocycles. The Kier molecular flexibility index (Phi) is 3.81. The van der Waals surface area contributed by atoms with Crippen LogP contribution in [-0.4, -0.2) is 17.7 Å². The van der Waals surface area contributed by atoms with Crippen molar-refractivity contribution in [3.05, 3.63) is 0 Å². The van der Waals surface area contributed by atoms with Gasteiger partial charge in [0.1, 0.15) is 0 Å². The van der Waals surface area contributed by atoms with Crippen LogP contribution in [0.4, 0.5) is 4.79 Å². The first-order valence-corrected chi connectivity index (χ1v) is 2.20. The lowest BCUT2D eigenvalue weighted by Gasteiger charge is -1.87. The molecule has 0 unspecified atom stereocenters. The first-order chi connectivity index (χ1) is 3.77. The number of hydrogen-bond acceptors (Lipinski definition) is 1. The molecule has 0 saturated heterocycles. The van der Waals surface area contributed by atoms with Gasteiger partial charge < -0.3 is 10.4 Å². The maximum absolute atomic E-state index is 9.65. The lowest BCUT2D eigenvalue weighted by molar-refractivity contribution is 0.196. The highest BCUT2D eigenvalue weighted by molar-refractivity contribution is 6.30. The summed E-state index contributed by atoms with van der Waals surface area (Å²) in [5.74, 6) is 2.30. The zero-order valence-corrected chi connectivity index (χ0v) is 4.70. The Morgan fingerprint density at radius 3 is 2.88 bits per heavy atom. The zero-order chi connectivity index (χ0) is 6.41. The summed E-state index contributed by atoms with van der Waals surface area (Å²) < 4.78 is 0. The molecule has 2 N–H and O–H groups in total. The highest BCUT2D eigenvalue weighted by atomic mass is 35.5. The lowest BCUT2D eigenvalue weighted by atomic mass is 10.7. The number of halogens is 1. The van der Waals surface area contributed by atoms with Gasteiger partial charge in [-0.3, -0.25) is 0 Å². The van der Waals surface area contributed by atoms with Crippen molar-refractivity contribution in [2.24, 2.45) is 0 Å². The molecule has 4 heteroatoms. The Morgan fingerprint density at radius 2 is 2.50 bits per heavy atom. The van der Waals surface area contributed by atoms with Crippen LogP contribution in [0.3, 0.4) is 0 Å². The highest BCUT2D eigenvalue weighted by Gasteiger charge is 1.85. The van der Waals surface area contributed by atoms with Crippen LogP contribution < -0.4 is 5.32 Å². The van der Waals surface area contributed by atoms with Gasteiger partial charge in [0.2, 0.25) is 0 Å². The number of carboxylic acid groups (broad SMARTS) is 1. The fraction of sp³-hybridized carbons (Fsp3) is 0.250. The fourth-order valence-corrected chi connectivity index (χ4v) is 0.220. The van der Waals surface area contributed by atoms with Gasteiger partial charge in [-0.25, -0.2) is 4.79 Å². The van der Waals surface area contributed by atoms with Crippen molar-refractivity contribution in [3.8, 4) is 11.3 Å². The fourth-order valence-electron chi connectivity index (χ4n) is 0.153. The molecule has 3 nitrogen and oxygen atoms in total. The largest absolute Gasteiger partial charge is 0.465 e. The molecular weight excluding hydrogens is 130 g/mol. The minimum atomic E-state index is -1.09. The van der Waals surface area contributed by atoms with E-state index < -0.39 is 6.09 Å². The van der Waals surface area contributed by atoms with Crippen molar-refractivity contribution in [2.45, 2.75) is 0 Å². The van der Waals surface area contributed by atoms with Crippen molar-refractivity contribution in [1.82, 2.24) is 5.32 Å². The number of carbonyl (C=O) groups is 1. The second-order valence-corrected chi connectivity index (χ2v) is 1.12. The number of rotatable bonds is 1.